The van der Waals surface area contributed by atoms with Crippen LogP contribution in [0.2, 0.25) is 0 Å². The molecule has 7 heteroatoms. The molecule has 0 aliphatic rings. The van der Waals surface area contributed by atoms with Crippen LogP contribution in [0.5, 0.6) is 0 Å². The number of aryl methyl sites for hydroxylation is 1. The van der Waals surface area contributed by atoms with Gasteiger partial charge in [-0.3, -0.25) is 15.0 Å². The number of hydrogen-bond acceptors (Lipinski definition) is 4. The van der Waals surface area contributed by atoms with Crippen LogP contribution >= 0.6 is 0 Å². The average Bonchev–Trinajstić information content (AvgIpc) is 2.96. The Morgan fingerprint density at radius 2 is 2.06 bits per heavy atom. The van der Waals surface area contributed by atoms with Crippen LogP contribution < -0.4 is 5.32 Å². The predicted octanol–water partition coefficient (Wildman–Crippen LogP) is 1.24. The number of pyridine rings is 1. The van der Waals surface area contributed by atoms with Gasteiger partial charge in [-0.2, -0.15) is 10.2 Å². The van der Waals surface area contributed by atoms with E-state index in [4.69, 9.17) is 0 Å². The Bertz CT molecular complexity index is 713. The minimum Gasteiger partial charge on any atom is -0.320 e. The normalized spacial score (nSPS) is 10.7. The summed E-state index contributed by atoms with van der Waals surface area (Å²) in [5.41, 5.74) is 2.55. The van der Waals surface area contributed by atoms with Crippen molar-refractivity contribution in [2.75, 3.05) is 5.32 Å². The van der Waals surface area contributed by atoms with Gasteiger partial charge in [-0.15, -0.1) is 0 Å². The van der Waals surface area contributed by atoms with Gasteiger partial charge in [-0.25, -0.2) is 4.98 Å². The first-order chi connectivity index (χ1) is 8.74. The molecule has 1 amide bonds. The van der Waals surface area contributed by atoms with E-state index in [1.54, 1.807) is 25.4 Å². The van der Waals surface area contributed by atoms with Gasteiger partial charge >= 0.3 is 0 Å². The molecule has 0 atom stereocenters. The summed E-state index contributed by atoms with van der Waals surface area (Å²) in [6.07, 6.45) is 4.73. The highest BCUT2D eigenvalue weighted by Gasteiger charge is 2.11. The number of fused-ring (bicyclic) bond motifs is 1. The Labute approximate surface area is 102 Å². The quantitative estimate of drug-likeness (QED) is 0.629. The number of rotatable bonds is 2. The van der Waals surface area contributed by atoms with E-state index in [0.29, 0.717) is 16.9 Å². The van der Waals surface area contributed by atoms with Crippen molar-refractivity contribution in [2.24, 2.45) is 0 Å². The molecule has 0 fully saturated rings. The van der Waals surface area contributed by atoms with Gasteiger partial charge in [-0.05, 0) is 13.0 Å². The second-order valence-electron chi connectivity index (χ2n) is 3.89. The molecule has 3 N–H and O–H groups in total. The molecule has 18 heavy (non-hydrogen) atoms. The fourth-order valence-corrected chi connectivity index (χ4v) is 1.68. The van der Waals surface area contributed by atoms with E-state index in [1.165, 1.54) is 6.20 Å². The number of nitrogens with one attached hydrogen (secondary N) is 3. The summed E-state index contributed by atoms with van der Waals surface area (Å²) in [5, 5.41) is 16.8. The summed E-state index contributed by atoms with van der Waals surface area (Å²) >= 11 is 0. The van der Waals surface area contributed by atoms with E-state index in [0.717, 1.165) is 11.1 Å². The lowest BCUT2D eigenvalue weighted by Crippen LogP contribution is -2.12. The van der Waals surface area contributed by atoms with Crippen molar-refractivity contribution >= 4 is 22.6 Å². The number of carbonyl (C=O) groups is 1. The molecule has 0 radical (unpaired) electrons. The first kappa shape index (κ1) is 10.5. The van der Waals surface area contributed by atoms with Gasteiger partial charge in [0, 0.05) is 11.1 Å². The SMILES string of the molecule is Cc1[nH]ncc1C(=O)Nc1cnc2[nH]ncc2c1. The van der Waals surface area contributed by atoms with Gasteiger partial charge in [0.2, 0.25) is 0 Å². The molecule has 90 valence electrons. The molecule has 0 aliphatic carbocycles. The first-order valence-corrected chi connectivity index (χ1v) is 5.34. The van der Waals surface area contributed by atoms with Gasteiger partial charge in [0.15, 0.2) is 5.65 Å². The second-order valence-corrected chi connectivity index (χ2v) is 3.89. The predicted molar refractivity (Wildman–Crippen MR) is 65.2 cm³/mol. The Hall–Kier alpha value is -2.70. The van der Waals surface area contributed by atoms with Crippen LogP contribution in [0.25, 0.3) is 11.0 Å². The van der Waals surface area contributed by atoms with Crippen LogP contribution in [0.1, 0.15) is 16.1 Å². The lowest BCUT2D eigenvalue weighted by molar-refractivity contribution is 0.102. The third kappa shape index (κ3) is 1.71. The maximum atomic E-state index is 11.9. The zero-order chi connectivity index (χ0) is 12.5. The van der Waals surface area contributed by atoms with Crippen LogP contribution in [0.3, 0.4) is 0 Å². The van der Waals surface area contributed by atoms with E-state index in [-0.39, 0.29) is 5.91 Å². The fourth-order valence-electron chi connectivity index (χ4n) is 1.68. The molecule has 0 saturated heterocycles. The third-order valence-corrected chi connectivity index (χ3v) is 2.62. The number of aromatic nitrogens is 5. The second kappa shape index (κ2) is 3.95. The summed E-state index contributed by atoms with van der Waals surface area (Å²) in [6, 6.07) is 1.80. The molecule has 0 bridgehead atoms. The molecule has 3 heterocycles. The summed E-state index contributed by atoms with van der Waals surface area (Å²) in [6.45, 7) is 1.79. The van der Waals surface area contributed by atoms with Crippen molar-refractivity contribution in [1.82, 2.24) is 25.4 Å². The molecule has 3 aromatic rings. The molecular formula is C11H10N6O. The number of amides is 1. The Morgan fingerprint density at radius 3 is 2.83 bits per heavy atom. The molecule has 0 saturated carbocycles. The van der Waals surface area contributed by atoms with Crippen molar-refractivity contribution < 1.29 is 4.79 Å². The van der Waals surface area contributed by atoms with Crippen LogP contribution in [0.15, 0.2) is 24.7 Å². The highest BCUT2D eigenvalue weighted by atomic mass is 16.1. The monoisotopic (exact) mass is 242 g/mol. The zero-order valence-electron chi connectivity index (χ0n) is 9.56. The van der Waals surface area contributed by atoms with Gasteiger partial charge in [0.25, 0.3) is 5.91 Å². The summed E-state index contributed by atoms with van der Waals surface area (Å²) in [5.74, 6) is -0.217. The number of nitrogens with zero attached hydrogens (tertiary/aromatic N) is 3. The molecular weight excluding hydrogens is 232 g/mol. The maximum absolute atomic E-state index is 11.9. The smallest absolute Gasteiger partial charge is 0.259 e. The minimum atomic E-state index is -0.217. The fraction of sp³-hybridized carbons (Fsp3) is 0.0909. The van der Waals surface area contributed by atoms with E-state index in [9.17, 15) is 4.79 Å². The van der Waals surface area contributed by atoms with Gasteiger partial charge < -0.3 is 5.32 Å². The highest BCUT2D eigenvalue weighted by Crippen LogP contribution is 2.15. The van der Waals surface area contributed by atoms with Gasteiger partial charge in [0.1, 0.15) is 0 Å². The van der Waals surface area contributed by atoms with Crippen molar-refractivity contribution in [3.8, 4) is 0 Å². The van der Waals surface area contributed by atoms with Crippen molar-refractivity contribution in [3.05, 3.63) is 35.9 Å². The van der Waals surface area contributed by atoms with Crippen LogP contribution in [-0.4, -0.2) is 31.3 Å². The number of anilines is 1. The third-order valence-electron chi connectivity index (χ3n) is 2.62. The van der Waals surface area contributed by atoms with Crippen molar-refractivity contribution in [1.29, 1.82) is 0 Å². The number of carbonyl (C=O) groups excluding carboxylic acids is 1. The van der Waals surface area contributed by atoms with Crippen LogP contribution in [-0.2, 0) is 0 Å². The van der Waals surface area contributed by atoms with E-state index in [1.807, 2.05) is 0 Å². The highest BCUT2D eigenvalue weighted by molar-refractivity contribution is 6.05. The summed E-state index contributed by atoms with van der Waals surface area (Å²) in [7, 11) is 0. The Kier molecular flexibility index (Phi) is 2.30. The summed E-state index contributed by atoms with van der Waals surface area (Å²) in [4.78, 5) is 16.1. The molecule has 3 rings (SSSR count). The summed E-state index contributed by atoms with van der Waals surface area (Å²) < 4.78 is 0. The van der Waals surface area contributed by atoms with Crippen LogP contribution in [0, 0.1) is 6.92 Å². The number of H-pyrrole nitrogens is 2. The topological polar surface area (TPSA) is 99.4 Å². The lowest BCUT2D eigenvalue weighted by Gasteiger charge is -2.03. The van der Waals surface area contributed by atoms with E-state index >= 15 is 0 Å². The standard InChI is InChI=1S/C11H10N6O/c1-6-9(5-14-16-6)11(18)15-8-2-7-3-13-17-10(7)12-4-8/h2-5H,1H3,(H,14,16)(H,15,18)(H,12,13,17). The Morgan fingerprint density at radius 1 is 1.22 bits per heavy atom. The molecule has 7 nitrogen and oxygen atoms in total. The van der Waals surface area contributed by atoms with Gasteiger partial charge in [-0.1, -0.05) is 0 Å². The van der Waals surface area contributed by atoms with Crippen molar-refractivity contribution in [2.45, 2.75) is 6.92 Å². The van der Waals surface area contributed by atoms with E-state index in [2.05, 4.69) is 30.7 Å². The van der Waals surface area contributed by atoms with Crippen molar-refractivity contribution in [3.63, 3.8) is 0 Å². The van der Waals surface area contributed by atoms with Gasteiger partial charge in [0.05, 0.1) is 29.8 Å². The Balaban J connectivity index is 1.88. The maximum Gasteiger partial charge on any atom is 0.259 e. The molecule has 0 aromatic carbocycles. The van der Waals surface area contributed by atoms with Crippen LogP contribution in [0.4, 0.5) is 5.69 Å². The average molecular weight is 242 g/mol. The zero-order valence-corrected chi connectivity index (χ0v) is 9.56. The first-order valence-electron chi connectivity index (χ1n) is 5.34. The molecule has 0 spiro atoms. The minimum absolute atomic E-state index is 0.217. The largest absolute Gasteiger partial charge is 0.320 e. The molecule has 0 unspecified atom stereocenters. The number of hydrogen-bond donors (Lipinski definition) is 3. The molecule has 3 aromatic heterocycles. The molecule has 0 aliphatic heterocycles. The van der Waals surface area contributed by atoms with E-state index < -0.39 is 0 Å². The number of aromatic amines is 2. The lowest BCUT2D eigenvalue weighted by atomic mass is 10.2.